The molecule has 0 radical (unpaired) electrons. The van der Waals surface area contributed by atoms with E-state index in [2.05, 4.69) is 16.0 Å². The second-order valence-corrected chi connectivity index (χ2v) is 6.40. The lowest BCUT2D eigenvalue weighted by molar-refractivity contribution is 0.386. The maximum Gasteiger partial charge on any atom is 0.142 e. The molecule has 2 aromatic heterocycles. The van der Waals surface area contributed by atoms with Crippen LogP contribution in [0.5, 0.6) is 0 Å². The van der Waals surface area contributed by atoms with Gasteiger partial charge in [0.1, 0.15) is 11.6 Å². The number of rotatable bonds is 0. The number of hydrogen-bond donors (Lipinski definition) is 0. The van der Waals surface area contributed by atoms with Crippen LogP contribution < -0.4 is 4.90 Å². The summed E-state index contributed by atoms with van der Waals surface area (Å²) in [6, 6.07) is 4.81. The molecule has 0 spiro atoms. The fourth-order valence-electron chi connectivity index (χ4n) is 3.93. The van der Waals surface area contributed by atoms with Gasteiger partial charge in [0.05, 0.1) is 28.6 Å². The number of aryl methyl sites for hydroxylation is 2. The zero-order valence-corrected chi connectivity index (χ0v) is 15.0. The Hall–Kier alpha value is -2.22. The van der Waals surface area contributed by atoms with Crippen LogP contribution in [0.4, 0.5) is 5.82 Å². The average molecular weight is 323 g/mol. The Morgan fingerprint density at radius 2 is 1.96 bits per heavy atom. The van der Waals surface area contributed by atoms with Crippen molar-refractivity contribution in [3.05, 3.63) is 23.3 Å². The van der Waals surface area contributed by atoms with Gasteiger partial charge < -0.3 is 4.90 Å². The van der Waals surface area contributed by atoms with Gasteiger partial charge in [0.25, 0.3) is 0 Å². The lowest BCUT2D eigenvalue weighted by Gasteiger charge is -2.37. The van der Waals surface area contributed by atoms with Crippen LogP contribution in [0.2, 0.25) is 0 Å². The average Bonchev–Trinajstić information content (AvgIpc) is 2.72. The first-order valence-corrected chi connectivity index (χ1v) is 8.98. The molecule has 24 heavy (non-hydrogen) atoms. The van der Waals surface area contributed by atoms with E-state index in [1.54, 1.807) is 0 Å². The van der Waals surface area contributed by atoms with E-state index in [-0.39, 0.29) is 12.0 Å². The van der Waals surface area contributed by atoms with E-state index in [1.165, 1.54) is 6.42 Å². The first-order chi connectivity index (χ1) is 11.7. The quantitative estimate of drug-likeness (QED) is 0.739. The third kappa shape index (κ3) is 2.71. The molecule has 0 amide bonds. The molecule has 1 fully saturated rings. The topological polar surface area (TPSA) is 65.7 Å². The van der Waals surface area contributed by atoms with E-state index in [4.69, 9.17) is 9.97 Å². The number of hydrogen-bond acceptors (Lipinski definition) is 5. The fraction of sp³-hybridized carbons (Fsp3) is 0.579. The Labute approximate surface area is 143 Å². The molecular weight excluding hydrogens is 298 g/mol. The molecule has 0 saturated carbocycles. The summed E-state index contributed by atoms with van der Waals surface area (Å²) in [7, 11) is 0. The van der Waals surface area contributed by atoms with E-state index in [1.807, 2.05) is 33.8 Å². The van der Waals surface area contributed by atoms with Gasteiger partial charge in [-0.05, 0) is 39.2 Å². The smallest absolute Gasteiger partial charge is 0.142 e. The summed E-state index contributed by atoms with van der Waals surface area (Å²) in [5.74, 6) is 1.76. The van der Waals surface area contributed by atoms with Crippen LogP contribution in [0.15, 0.2) is 6.07 Å². The summed E-state index contributed by atoms with van der Waals surface area (Å²) in [6.45, 7) is 8.91. The number of aromatic nitrogens is 3. The maximum atomic E-state index is 9.67. The summed E-state index contributed by atoms with van der Waals surface area (Å²) in [6.07, 6.45) is 4.12. The summed E-state index contributed by atoms with van der Waals surface area (Å²) in [5, 5.41) is 10.7. The predicted molar refractivity (Wildman–Crippen MR) is 95.9 cm³/mol. The van der Waals surface area contributed by atoms with E-state index >= 15 is 0 Å². The molecule has 2 unspecified atom stereocenters. The Bertz CT molecular complexity index is 787. The van der Waals surface area contributed by atoms with Crippen molar-refractivity contribution in [2.45, 2.75) is 59.4 Å². The Kier molecular flexibility index (Phi) is 4.66. The van der Waals surface area contributed by atoms with Gasteiger partial charge in [-0.3, -0.25) is 4.98 Å². The standard InChI is InChI=1S/C17H19N5.C2H6/c1-10-7-13-16-14(19-10)8-12(9-18)15-5-3-4-6-22(15)17(16)21-11(2)20-13;1-2/h7,12,15H,3-6,8H2,1-2H3;1-2H3. The number of nitriles is 1. The number of nitrogens with zero attached hydrogens (tertiary/aromatic N) is 5. The van der Waals surface area contributed by atoms with Crippen LogP contribution in [0.3, 0.4) is 0 Å². The molecule has 2 aliphatic rings. The SMILES string of the molecule is CC.Cc1cc2nc(C)nc3c2c(n1)CC(C#N)C1CCCCN31. The monoisotopic (exact) mass is 323 g/mol. The second-order valence-electron chi connectivity index (χ2n) is 6.40. The van der Waals surface area contributed by atoms with Crippen LogP contribution in [-0.2, 0) is 6.42 Å². The molecule has 0 aromatic carbocycles. The highest BCUT2D eigenvalue weighted by Gasteiger charge is 2.36. The number of fused-ring (bicyclic) bond motifs is 2. The molecule has 0 N–H and O–H groups in total. The summed E-state index contributed by atoms with van der Waals surface area (Å²) in [4.78, 5) is 16.4. The minimum atomic E-state index is -0.0210. The van der Waals surface area contributed by atoms with Crippen LogP contribution in [0.1, 0.15) is 50.3 Å². The third-order valence-corrected chi connectivity index (χ3v) is 4.84. The van der Waals surface area contributed by atoms with Crippen LogP contribution in [0.25, 0.3) is 10.9 Å². The van der Waals surface area contributed by atoms with Gasteiger partial charge in [0.2, 0.25) is 0 Å². The van der Waals surface area contributed by atoms with Crippen molar-refractivity contribution in [2.24, 2.45) is 5.92 Å². The van der Waals surface area contributed by atoms with Gasteiger partial charge >= 0.3 is 0 Å². The number of anilines is 1. The summed E-state index contributed by atoms with van der Waals surface area (Å²) in [5.41, 5.74) is 2.92. The molecule has 2 aromatic rings. The molecule has 1 saturated heterocycles. The van der Waals surface area contributed by atoms with Gasteiger partial charge in [0, 0.05) is 24.7 Å². The van der Waals surface area contributed by atoms with E-state index in [9.17, 15) is 5.26 Å². The highest BCUT2D eigenvalue weighted by Crippen LogP contribution is 2.38. The van der Waals surface area contributed by atoms with Crippen LogP contribution in [0, 0.1) is 31.1 Å². The van der Waals surface area contributed by atoms with E-state index < -0.39 is 0 Å². The minimum Gasteiger partial charge on any atom is -0.352 e. The molecular formula is C19H25N5. The molecule has 0 aliphatic carbocycles. The van der Waals surface area contributed by atoms with Crippen molar-refractivity contribution in [1.29, 1.82) is 5.26 Å². The lowest BCUT2D eigenvalue weighted by atomic mass is 9.89. The number of piperidine rings is 1. The van der Waals surface area contributed by atoms with Crippen molar-refractivity contribution in [2.75, 3.05) is 11.4 Å². The van der Waals surface area contributed by atoms with Crippen molar-refractivity contribution in [3.63, 3.8) is 0 Å². The summed E-state index contributed by atoms with van der Waals surface area (Å²) < 4.78 is 0. The Balaban J connectivity index is 0.000000815. The molecule has 4 heterocycles. The van der Waals surface area contributed by atoms with E-state index in [0.717, 1.165) is 53.3 Å². The molecule has 2 aliphatic heterocycles. The van der Waals surface area contributed by atoms with Gasteiger partial charge in [-0.15, -0.1) is 0 Å². The van der Waals surface area contributed by atoms with Gasteiger partial charge in [-0.1, -0.05) is 13.8 Å². The maximum absolute atomic E-state index is 9.67. The largest absolute Gasteiger partial charge is 0.352 e. The van der Waals surface area contributed by atoms with Crippen molar-refractivity contribution >= 4 is 16.7 Å². The lowest BCUT2D eigenvalue weighted by Crippen LogP contribution is -2.44. The highest BCUT2D eigenvalue weighted by atomic mass is 15.2. The normalized spacial score (nSPS) is 22.0. The van der Waals surface area contributed by atoms with Crippen molar-refractivity contribution < 1.29 is 0 Å². The van der Waals surface area contributed by atoms with E-state index in [0.29, 0.717) is 6.42 Å². The van der Waals surface area contributed by atoms with Gasteiger partial charge in [0.15, 0.2) is 0 Å². The fourth-order valence-corrected chi connectivity index (χ4v) is 3.93. The Morgan fingerprint density at radius 1 is 1.17 bits per heavy atom. The minimum absolute atomic E-state index is 0.0210. The van der Waals surface area contributed by atoms with Gasteiger partial charge in [-0.25, -0.2) is 9.97 Å². The zero-order valence-electron chi connectivity index (χ0n) is 15.0. The first kappa shape index (κ1) is 16.6. The molecule has 126 valence electrons. The zero-order chi connectivity index (χ0) is 17.3. The number of pyridine rings is 1. The summed E-state index contributed by atoms with van der Waals surface area (Å²) >= 11 is 0. The molecule has 0 bridgehead atoms. The first-order valence-electron chi connectivity index (χ1n) is 8.98. The third-order valence-electron chi connectivity index (χ3n) is 4.84. The van der Waals surface area contributed by atoms with Crippen molar-refractivity contribution in [3.8, 4) is 6.07 Å². The molecule has 4 rings (SSSR count). The molecule has 2 atom stereocenters. The Morgan fingerprint density at radius 3 is 2.71 bits per heavy atom. The van der Waals surface area contributed by atoms with Gasteiger partial charge in [-0.2, -0.15) is 5.26 Å². The van der Waals surface area contributed by atoms with Crippen LogP contribution >= 0.6 is 0 Å². The molecule has 5 heteroatoms. The van der Waals surface area contributed by atoms with Crippen LogP contribution in [-0.4, -0.2) is 27.5 Å². The second kappa shape index (κ2) is 6.72. The predicted octanol–water partition coefficient (Wildman–Crippen LogP) is 3.72. The molecule has 5 nitrogen and oxygen atoms in total. The highest BCUT2D eigenvalue weighted by molar-refractivity contribution is 5.92. The van der Waals surface area contributed by atoms with Crippen molar-refractivity contribution in [1.82, 2.24) is 15.0 Å².